The van der Waals surface area contributed by atoms with Crippen LogP contribution >= 0.6 is 0 Å². The van der Waals surface area contributed by atoms with E-state index >= 15 is 0 Å². The molecule has 0 heterocycles. The van der Waals surface area contributed by atoms with Crippen LogP contribution in [0.15, 0.2) is 0 Å². The molecule has 1 fully saturated rings. The van der Waals surface area contributed by atoms with Gasteiger partial charge in [0.15, 0.2) is 0 Å². The van der Waals surface area contributed by atoms with E-state index in [0.29, 0.717) is 0 Å². The van der Waals surface area contributed by atoms with Crippen molar-refractivity contribution in [3.63, 3.8) is 0 Å². The molecule has 1 aliphatic rings. The molecule has 0 aliphatic heterocycles. The number of hydrogen-bond acceptors (Lipinski definition) is 3. The maximum atomic E-state index is 5.65. The lowest BCUT2D eigenvalue weighted by molar-refractivity contribution is 0.176. The van der Waals surface area contributed by atoms with Gasteiger partial charge >= 0.3 is 0 Å². The van der Waals surface area contributed by atoms with E-state index in [2.05, 4.69) is 0 Å². The second-order valence-corrected chi connectivity index (χ2v) is 5.04. The van der Waals surface area contributed by atoms with E-state index in [0.717, 1.165) is 37.4 Å². The fraction of sp³-hybridized carbons (Fsp3) is 1.00. The molecule has 90 valence electrons. The highest BCUT2D eigenvalue weighted by Crippen LogP contribution is 2.37. The van der Waals surface area contributed by atoms with Crippen LogP contribution in [0.2, 0.25) is 0 Å². The summed E-state index contributed by atoms with van der Waals surface area (Å²) < 4.78 is 0. The van der Waals surface area contributed by atoms with Gasteiger partial charge in [-0.05, 0) is 75.9 Å². The van der Waals surface area contributed by atoms with Crippen LogP contribution in [0.1, 0.15) is 38.5 Å². The van der Waals surface area contributed by atoms with E-state index in [9.17, 15) is 0 Å². The van der Waals surface area contributed by atoms with Crippen molar-refractivity contribution in [1.82, 2.24) is 0 Å². The van der Waals surface area contributed by atoms with Gasteiger partial charge in [-0.3, -0.25) is 0 Å². The van der Waals surface area contributed by atoms with Crippen molar-refractivity contribution < 1.29 is 0 Å². The minimum atomic E-state index is 0.829. The predicted molar refractivity (Wildman–Crippen MR) is 65.3 cm³/mol. The molecule has 0 amide bonds. The van der Waals surface area contributed by atoms with E-state index in [1.54, 1.807) is 0 Å². The molecule has 0 atom stereocenters. The fourth-order valence-electron chi connectivity index (χ4n) is 3.12. The summed E-state index contributed by atoms with van der Waals surface area (Å²) in [4.78, 5) is 0. The zero-order valence-electron chi connectivity index (χ0n) is 9.83. The quantitative estimate of drug-likeness (QED) is 0.617. The van der Waals surface area contributed by atoms with Crippen LogP contribution in [-0.4, -0.2) is 19.6 Å². The molecule has 0 spiro atoms. The molecule has 1 saturated carbocycles. The molecule has 3 heteroatoms. The Morgan fingerprint density at radius 2 is 0.867 bits per heavy atom. The summed E-state index contributed by atoms with van der Waals surface area (Å²) in [5.41, 5.74) is 16.9. The summed E-state index contributed by atoms with van der Waals surface area (Å²) in [6.07, 6.45) is 7.58. The van der Waals surface area contributed by atoms with Gasteiger partial charge in [-0.25, -0.2) is 0 Å². The molecule has 0 unspecified atom stereocenters. The average Bonchev–Trinajstić information content (AvgIpc) is 2.19. The second-order valence-electron chi connectivity index (χ2n) is 5.04. The molecule has 15 heavy (non-hydrogen) atoms. The summed E-state index contributed by atoms with van der Waals surface area (Å²) in [6, 6.07) is 0. The Bertz CT molecular complexity index is 126. The van der Waals surface area contributed by atoms with Gasteiger partial charge in [-0.15, -0.1) is 0 Å². The highest BCUT2D eigenvalue weighted by atomic mass is 14.6. The highest BCUT2D eigenvalue weighted by Gasteiger charge is 2.27. The van der Waals surface area contributed by atoms with E-state index in [1.807, 2.05) is 0 Å². The lowest BCUT2D eigenvalue weighted by atomic mass is 9.72. The summed E-state index contributed by atoms with van der Waals surface area (Å²) in [5.74, 6) is 2.49. The lowest BCUT2D eigenvalue weighted by Gasteiger charge is -2.34. The third-order valence-electron chi connectivity index (χ3n) is 3.72. The van der Waals surface area contributed by atoms with Gasteiger partial charge in [0.2, 0.25) is 0 Å². The van der Waals surface area contributed by atoms with Gasteiger partial charge in [0.25, 0.3) is 0 Å². The van der Waals surface area contributed by atoms with Crippen LogP contribution in [0, 0.1) is 17.8 Å². The van der Waals surface area contributed by atoms with Gasteiger partial charge in [0.05, 0.1) is 0 Å². The van der Waals surface area contributed by atoms with Gasteiger partial charge in [0.1, 0.15) is 0 Å². The van der Waals surface area contributed by atoms with Crippen LogP contribution in [-0.2, 0) is 0 Å². The maximum Gasteiger partial charge on any atom is -0.00746 e. The van der Waals surface area contributed by atoms with Crippen molar-refractivity contribution in [2.24, 2.45) is 35.0 Å². The zero-order valence-corrected chi connectivity index (χ0v) is 9.83. The van der Waals surface area contributed by atoms with Crippen LogP contribution in [0.3, 0.4) is 0 Å². The highest BCUT2D eigenvalue weighted by molar-refractivity contribution is 4.79. The molecule has 0 aromatic rings. The largest absolute Gasteiger partial charge is 0.330 e. The van der Waals surface area contributed by atoms with E-state index in [4.69, 9.17) is 17.2 Å². The lowest BCUT2D eigenvalue weighted by Crippen LogP contribution is -2.27. The minimum Gasteiger partial charge on any atom is -0.330 e. The normalized spacial score (nSPS) is 31.8. The van der Waals surface area contributed by atoms with Crippen molar-refractivity contribution in [1.29, 1.82) is 0 Å². The third kappa shape index (κ3) is 4.49. The number of rotatable bonds is 6. The minimum absolute atomic E-state index is 0.829. The van der Waals surface area contributed by atoms with E-state index in [-0.39, 0.29) is 0 Å². The van der Waals surface area contributed by atoms with Crippen LogP contribution in [0.5, 0.6) is 0 Å². The predicted octanol–water partition coefficient (Wildman–Crippen LogP) is 1.07. The van der Waals surface area contributed by atoms with Crippen LogP contribution in [0.4, 0.5) is 0 Å². The smallest absolute Gasteiger partial charge is 0.00746 e. The summed E-state index contributed by atoms with van der Waals surface area (Å²) in [6.45, 7) is 2.49. The van der Waals surface area contributed by atoms with Crippen molar-refractivity contribution in [2.45, 2.75) is 38.5 Å². The first kappa shape index (κ1) is 12.9. The molecule has 6 N–H and O–H groups in total. The zero-order chi connectivity index (χ0) is 11.1. The molecule has 0 aromatic heterocycles. The first-order valence-electron chi connectivity index (χ1n) is 6.40. The van der Waals surface area contributed by atoms with Gasteiger partial charge in [-0.2, -0.15) is 0 Å². The second kappa shape index (κ2) is 7.20. The third-order valence-corrected chi connectivity index (χ3v) is 3.72. The van der Waals surface area contributed by atoms with E-state index < -0.39 is 0 Å². The first-order chi connectivity index (χ1) is 7.30. The number of nitrogens with two attached hydrogens (primary N) is 3. The van der Waals surface area contributed by atoms with Gasteiger partial charge in [-0.1, -0.05) is 0 Å². The number of hydrogen-bond donors (Lipinski definition) is 3. The molecule has 1 aliphatic carbocycles. The molecule has 1 rings (SSSR count). The Hall–Kier alpha value is -0.120. The Morgan fingerprint density at radius 1 is 0.600 bits per heavy atom. The topological polar surface area (TPSA) is 78.1 Å². The van der Waals surface area contributed by atoms with Crippen molar-refractivity contribution in [3.05, 3.63) is 0 Å². The average molecular weight is 213 g/mol. The van der Waals surface area contributed by atoms with Gasteiger partial charge in [0, 0.05) is 0 Å². The molecule has 3 nitrogen and oxygen atoms in total. The van der Waals surface area contributed by atoms with Crippen LogP contribution < -0.4 is 17.2 Å². The molecule has 0 radical (unpaired) electrons. The first-order valence-corrected chi connectivity index (χ1v) is 6.40. The Morgan fingerprint density at radius 3 is 1.07 bits per heavy atom. The van der Waals surface area contributed by atoms with E-state index in [1.165, 1.54) is 38.5 Å². The molecular weight excluding hydrogens is 186 g/mol. The molecule has 0 aromatic carbocycles. The molecule has 0 saturated heterocycles. The maximum absolute atomic E-state index is 5.65. The summed E-state index contributed by atoms with van der Waals surface area (Å²) in [5, 5.41) is 0. The van der Waals surface area contributed by atoms with Crippen LogP contribution in [0.25, 0.3) is 0 Å². The van der Waals surface area contributed by atoms with Gasteiger partial charge < -0.3 is 17.2 Å². The fourth-order valence-corrected chi connectivity index (χ4v) is 3.12. The van der Waals surface area contributed by atoms with Crippen molar-refractivity contribution in [3.8, 4) is 0 Å². The van der Waals surface area contributed by atoms with Crippen molar-refractivity contribution in [2.75, 3.05) is 19.6 Å². The Balaban J connectivity index is 2.40. The Kier molecular flexibility index (Phi) is 6.22. The summed E-state index contributed by atoms with van der Waals surface area (Å²) in [7, 11) is 0. The SMILES string of the molecule is NCCC1CC(CCN)CC(CCN)C1. The molecular formula is C12H27N3. The standard InChI is InChI=1S/C12H27N3/c13-4-1-10-7-11(2-5-14)9-12(8-10)3-6-15/h10-12H,1-9,13-15H2. The summed E-state index contributed by atoms with van der Waals surface area (Å²) >= 11 is 0. The monoisotopic (exact) mass is 213 g/mol. The molecule has 0 bridgehead atoms. The Labute approximate surface area is 93.8 Å². The van der Waals surface area contributed by atoms with Crippen molar-refractivity contribution >= 4 is 0 Å².